The number of rotatable bonds is 13. The smallest absolute Gasteiger partial charge is 0.458 e. The number of benzene rings is 2. The van der Waals surface area contributed by atoms with Crippen LogP contribution in [0.1, 0.15) is 64.4 Å². The number of hydrogen-bond acceptors (Lipinski definition) is 11. The highest BCUT2D eigenvalue weighted by Gasteiger charge is 2.24. The zero-order valence-corrected chi connectivity index (χ0v) is 25.2. The summed E-state index contributed by atoms with van der Waals surface area (Å²) in [5.74, 6) is -1.37. The van der Waals surface area contributed by atoms with Gasteiger partial charge in [0.1, 0.15) is 31.0 Å². The van der Waals surface area contributed by atoms with Crippen molar-refractivity contribution >= 4 is 24.2 Å². The Bertz CT molecular complexity index is 1200. The molecule has 0 fully saturated rings. The number of esters is 2. The summed E-state index contributed by atoms with van der Waals surface area (Å²) >= 11 is 0. The Morgan fingerprint density at radius 1 is 0.714 bits per heavy atom. The molecular formula is C31H41NO10. The van der Waals surface area contributed by atoms with E-state index in [2.05, 4.69) is 0 Å². The number of carbonyl (C=O) groups excluding carboxylic acids is 4. The highest BCUT2D eigenvalue weighted by atomic mass is 16.8. The SMILES string of the molecule is CC(C)C(C)OC(=O)Oc1ccc(C[C@H](N)C(=O)O[C@@H](C)COC(=O)c2ccccc2)cc1OC(=O)OC(C)C(C)C. The molecule has 2 aromatic rings. The summed E-state index contributed by atoms with van der Waals surface area (Å²) in [6.07, 6.45) is -3.56. The topological polar surface area (TPSA) is 150 Å². The van der Waals surface area contributed by atoms with E-state index in [1.54, 1.807) is 57.2 Å². The van der Waals surface area contributed by atoms with E-state index in [9.17, 15) is 19.2 Å². The maximum atomic E-state index is 12.6. The Morgan fingerprint density at radius 3 is 1.81 bits per heavy atom. The normalized spacial score (nSPS) is 13.9. The second-order valence-electron chi connectivity index (χ2n) is 10.6. The maximum absolute atomic E-state index is 12.6. The molecule has 2 rings (SSSR count). The van der Waals surface area contributed by atoms with Gasteiger partial charge in [0.05, 0.1) is 5.56 Å². The minimum Gasteiger partial charge on any atom is -0.458 e. The van der Waals surface area contributed by atoms with Gasteiger partial charge < -0.3 is 34.2 Å². The van der Waals surface area contributed by atoms with E-state index < -0.39 is 48.6 Å². The first-order chi connectivity index (χ1) is 19.8. The van der Waals surface area contributed by atoms with Gasteiger partial charge in [0.15, 0.2) is 11.5 Å². The highest BCUT2D eigenvalue weighted by Crippen LogP contribution is 2.30. The van der Waals surface area contributed by atoms with Crippen LogP contribution in [0.2, 0.25) is 0 Å². The molecule has 11 nitrogen and oxygen atoms in total. The molecule has 0 aliphatic rings. The van der Waals surface area contributed by atoms with Gasteiger partial charge in [-0.2, -0.15) is 0 Å². The molecule has 0 radical (unpaired) electrons. The molecule has 11 heteroatoms. The van der Waals surface area contributed by atoms with Crippen molar-refractivity contribution in [2.75, 3.05) is 6.61 Å². The third-order valence-corrected chi connectivity index (χ3v) is 6.37. The van der Waals surface area contributed by atoms with Crippen LogP contribution in [0.15, 0.2) is 48.5 Å². The third-order valence-electron chi connectivity index (χ3n) is 6.37. The molecule has 42 heavy (non-hydrogen) atoms. The van der Waals surface area contributed by atoms with Crippen molar-refractivity contribution in [3.8, 4) is 11.5 Å². The van der Waals surface area contributed by atoms with Gasteiger partial charge in [-0.25, -0.2) is 14.4 Å². The van der Waals surface area contributed by atoms with Crippen molar-refractivity contribution in [2.45, 2.75) is 79.2 Å². The second-order valence-corrected chi connectivity index (χ2v) is 10.6. The minimum atomic E-state index is -1.10. The first-order valence-electron chi connectivity index (χ1n) is 13.8. The van der Waals surface area contributed by atoms with E-state index in [-0.39, 0.29) is 36.4 Å². The molecule has 0 saturated heterocycles. The number of hydrogen-bond donors (Lipinski definition) is 1. The molecule has 0 amide bonds. The van der Waals surface area contributed by atoms with Crippen LogP contribution in [0, 0.1) is 11.8 Å². The fourth-order valence-corrected chi connectivity index (χ4v) is 3.15. The quantitative estimate of drug-likeness (QED) is 0.181. The van der Waals surface area contributed by atoms with Gasteiger partial charge in [-0.1, -0.05) is 52.0 Å². The Kier molecular flexibility index (Phi) is 13.3. The van der Waals surface area contributed by atoms with Gasteiger partial charge in [0.25, 0.3) is 0 Å². The monoisotopic (exact) mass is 587 g/mol. The number of nitrogens with two attached hydrogens (primary N) is 1. The standard InChI is InChI=1S/C31H41NO10/c1-18(2)21(6)39-30(35)41-26-14-13-23(16-27(26)42-31(36)40-22(7)19(3)4)15-25(32)29(34)38-20(5)17-37-28(33)24-11-9-8-10-12-24/h8-14,16,18-22,25H,15,17,32H2,1-7H3/t20-,21?,22?,25-/m0/s1. The molecule has 0 spiro atoms. The molecule has 2 N–H and O–H groups in total. The lowest BCUT2D eigenvalue weighted by Gasteiger charge is -2.19. The summed E-state index contributed by atoms with van der Waals surface area (Å²) in [4.78, 5) is 49.5. The average Bonchev–Trinajstić information content (AvgIpc) is 2.93. The molecule has 2 unspecified atom stereocenters. The molecular weight excluding hydrogens is 546 g/mol. The summed E-state index contributed by atoms with van der Waals surface area (Å²) in [6.45, 7) is 12.4. The Morgan fingerprint density at radius 2 is 1.26 bits per heavy atom. The van der Waals surface area contributed by atoms with Crippen LogP contribution in [0.4, 0.5) is 9.59 Å². The predicted octanol–water partition coefficient (Wildman–Crippen LogP) is 5.46. The van der Waals surface area contributed by atoms with Crippen LogP contribution < -0.4 is 15.2 Å². The molecule has 0 saturated carbocycles. The van der Waals surface area contributed by atoms with E-state index in [1.807, 2.05) is 27.7 Å². The largest absolute Gasteiger partial charge is 0.514 e. The molecule has 4 atom stereocenters. The van der Waals surface area contributed by atoms with Gasteiger partial charge in [-0.3, -0.25) is 4.79 Å². The van der Waals surface area contributed by atoms with Crippen molar-refractivity contribution in [1.29, 1.82) is 0 Å². The highest BCUT2D eigenvalue weighted by molar-refractivity contribution is 5.89. The lowest BCUT2D eigenvalue weighted by molar-refractivity contribution is -0.151. The molecule has 2 aromatic carbocycles. The van der Waals surface area contributed by atoms with Crippen molar-refractivity contribution in [1.82, 2.24) is 0 Å². The van der Waals surface area contributed by atoms with E-state index in [1.165, 1.54) is 12.1 Å². The molecule has 0 aliphatic carbocycles. The molecule has 230 valence electrons. The summed E-state index contributed by atoms with van der Waals surface area (Å²) in [7, 11) is 0. The van der Waals surface area contributed by atoms with Crippen LogP contribution in [0.5, 0.6) is 11.5 Å². The summed E-state index contributed by atoms with van der Waals surface area (Å²) in [5, 5.41) is 0. The third kappa shape index (κ3) is 11.4. The van der Waals surface area contributed by atoms with Crippen molar-refractivity contribution in [2.24, 2.45) is 17.6 Å². The van der Waals surface area contributed by atoms with Crippen LogP contribution in [-0.4, -0.2) is 55.2 Å². The van der Waals surface area contributed by atoms with E-state index in [4.69, 9.17) is 34.2 Å². The average molecular weight is 588 g/mol. The van der Waals surface area contributed by atoms with Gasteiger partial charge in [-0.05, 0) is 68.9 Å². The van der Waals surface area contributed by atoms with Crippen LogP contribution in [0.25, 0.3) is 0 Å². The van der Waals surface area contributed by atoms with E-state index >= 15 is 0 Å². The number of carbonyl (C=O) groups is 4. The first kappa shape index (κ1) is 34.1. The molecule has 0 aromatic heterocycles. The summed E-state index contributed by atoms with van der Waals surface area (Å²) in [5.41, 5.74) is 6.94. The molecule has 0 bridgehead atoms. The van der Waals surface area contributed by atoms with E-state index in [0.717, 1.165) is 0 Å². The minimum absolute atomic E-state index is 0.00172. The fourth-order valence-electron chi connectivity index (χ4n) is 3.15. The zero-order valence-electron chi connectivity index (χ0n) is 25.2. The van der Waals surface area contributed by atoms with Crippen LogP contribution in [-0.2, 0) is 30.2 Å². The Balaban J connectivity index is 2.07. The van der Waals surface area contributed by atoms with Crippen LogP contribution in [0.3, 0.4) is 0 Å². The molecule has 0 aliphatic heterocycles. The van der Waals surface area contributed by atoms with Crippen molar-refractivity contribution in [3.63, 3.8) is 0 Å². The van der Waals surface area contributed by atoms with Gasteiger partial charge in [-0.15, -0.1) is 0 Å². The summed E-state index contributed by atoms with van der Waals surface area (Å²) < 4.78 is 31.7. The van der Waals surface area contributed by atoms with Crippen LogP contribution >= 0.6 is 0 Å². The lowest BCUT2D eigenvalue weighted by atomic mass is 10.1. The Hall–Kier alpha value is -4.12. The van der Waals surface area contributed by atoms with Crippen molar-refractivity contribution < 1.29 is 47.6 Å². The number of ether oxygens (including phenoxy) is 6. The molecule has 0 heterocycles. The van der Waals surface area contributed by atoms with Gasteiger partial charge >= 0.3 is 24.2 Å². The predicted molar refractivity (Wildman–Crippen MR) is 153 cm³/mol. The van der Waals surface area contributed by atoms with E-state index in [0.29, 0.717) is 11.1 Å². The maximum Gasteiger partial charge on any atom is 0.514 e. The Labute approximate surface area is 246 Å². The summed E-state index contributed by atoms with van der Waals surface area (Å²) in [6, 6.07) is 11.7. The van der Waals surface area contributed by atoms with Gasteiger partial charge in [0, 0.05) is 0 Å². The second kappa shape index (κ2) is 16.4. The van der Waals surface area contributed by atoms with Gasteiger partial charge in [0.2, 0.25) is 0 Å². The van der Waals surface area contributed by atoms with Crippen molar-refractivity contribution in [3.05, 3.63) is 59.7 Å². The zero-order chi connectivity index (χ0) is 31.4. The lowest BCUT2D eigenvalue weighted by Crippen LogP contribution is -2.37. The fraction of sp³-hybridized carbons (Fsp3) is 0.484. The first-order valence-corrected chi connectivity index (χ1v) is 13.8.